The molecule has 0 saturated carbocycles. The van der Waals surface area contributed by atoms with Crippen molar-refractivity contribution in [2.75, 3.05) is 5.32 Å². The number of carbonyl (C=O) groups excluding carboxylic acids is 1. The van der Waals surface area contributed by atoms with Gasteiger partial charge >= 0.3 is 0 Å². The fourth-order valence-electron chi connectivity index (χ4n) is 1.31. The Bertz CT molecular complexity index is 560. The van der Waals surface area contributed by atoms with Crippen LogP contribution < -0.4 is 5.32 Å². The number of benzene rings is 1. The van der Waals surface area contributed by atoms with Gasteiger partial charge in [0.2, 0.25) is 0 Å². The van der Waals surface area contributed by atoms with Crippen LogP contribution in [0.2, 0.25) is 0 Å². The number of amides is 1. The normalized spacial score (nSPS) is 10.0. The van der Waals surface area contributed by atoms with E-state index in [-0.39, 0.29) is 5.91 Å². The number of halogens is 2. The molecule has 17 heavy (non-hydrogen) atoms. The predicted octanol–water partition coefficient (Wildman–Crippen LogP) is 3.24. The van der Waals surface area contributed by atoms with Crippen LogP contribution in [0.5, 0.6) is 0 Å². The van der Waals surface area contributed by atoms with Crippen molar-refractivity contribution in [2.45, 2.75) is 0 Å². The summed E-state index contributed by atoms with van der Waals surface area (Å²) < 4.78 is 13.5. The molecule has 0 atom stereocenters. The molecule has 1 aromatic heterocycles. The van der Waals surface area contributed by atoms with E-state index in [4.69, 9.17) is 0 Å². The van der Waals surface area contributed by atoms with Crippen LogP contribution in [-0.4, -0.2) is 10.9 Å². The van der Waals surface area contributed by atoms with E-state index in [0.29, 0.717) is 15.9 Å². The maximum absolute atomic E-state index is 12.9. The maximum atomic E-state index is 12.9. The number of nitrogens with zero attached hydrogens (tertiary/aromatic N) is 1. The molecule has 0 aliphatic rings. The van der Waals surface area contributed by atoms with Gasteiger partial charge in [0, 0.05) is 17.4 Å². The first-order valence-corrected chi connectivity index (χ1v) is 5.63. The largest absolute Gasteiger partial charge is 0.322 e. The fourth-order valence-corrected chi connectivity index (χ4v) is 1.68. The van der Waals surface area contributed by atoms with E-state index < -0.39 is 5.82 Å². The van der Waals surface area contributed by atoms with E-state index in [1.165, 1.54) is 24.4 Å². The van der Waals surface area contributed by atoms with Gasteiger partial charge in [0.05, 0.1) is 0 Å². The zero-order valence-electron chi connectivity index (χ0n) is 8.65. The Kier molecular flexibility index (Phi) is 3.49. The van der Waals surface area contributed by atoms with E-state index in [2.05, 4.69) is 26.2 Å². The van der Waals surface area contributed by atoms with Crippen LogP contribution in [0, 0.1) is 5.82 Å². The Labute approximate surface area is 106 Å². The lowest BCUT2D eigenvalue weighted by Gasteiger charge is -2.05. The van der Waals surface area contributed by atoms with Crippen molar-refractivity contribution in [1.82, 2.24) is 4.98 Å². The van der Waals surface area contributed by atoms with Crippen molar-refractivity contribution in [2.24, 2.45) is 0 Å². The highest BCUT2D eigenvalue weighted by Gasteiger charge is 2.06. The third kappa shape index (κ3) is 3.10. The number of rotatable bonds is 2. The Morgan fingerprint density at radius 2 is 2.12 bits per heavy atom. The lowest BCUT2D eigenvalue weighted by Crippen LogP contribution is -2.12. The van der Waals surface area contributed by atoms with Crippen LogP contribution in [0.1, 0.15) is 10.4 Å². The molecule has 0 bridgehead atoms. The van der Waals surface area contributed by atoms with Crippen LogP contribution in [0.15, 0.2) is 47.2 Å². The first kappa shape index (κ1) is 11.7. The van der Waals surface area contributed by atoms with E-state index in [9.17, 15) is 9.18 Å². The van der Waals surface area contributed by atoms with Crippen molar-refractivity contribution in [3.63, 3.8) is 0 Å². The van der Waals surface area contributed by atoms with Crippen molar-refractivity contribution >= 4 is 27.5 Å². The molecule has 1 amide bonds. The van der Waals surface area contributed by atoms with Gasteiger partial charge < -0.3 is 5.32 Å². The van der Waals surface area contributed by atoms with Crippen molar-refractivity contribution in [3.05, 3.63) is 58.6 Å². The van der Waals surface area contributed by atoms with E-state index >= 15 is 0 Å². The summed E-state index contributed by atoms with van der Waals surface area (Å²) >= 11 is 3.18. The van der Waals surface area contributed by atoms with Crippen LogP contribution in [0.4, 0.5) is 10.1 Å². The molecule has 0 saturated heterocycles. The van der Waals surface area contributed by atoms with E-state index in [1.807, 2.05) is 0 Å². The third-order valence-electron chi connectivity index (χ3n) is 2.07. The Balaban J connectivity index is 2.17. The topological polar surface area (TPSA) is 42.0 Å². The molecule has 0 aliphatic carbocycles. The number of hydrogen-bond donors (Lipinski definition) is 1. The molecule has 0 fully saturated rings. The summed E-state index contributed by atoms with van der Waals surface area (Å²) in [5.74, 6) is -0.697. The molecule has 1 N–H and O–H groups in total. The molecule has 0 unspecified atom stereocenters. The Morgan fingerprint density at radius 1 is 1.29 bits per heavy atom. The molecule has 0 radical (unpaired) electrons. The number of anilines is 1. The summed E-state index contributed by atoms with van der Waals surface area (Å²) in [5.41, 5.74) is 0.874. The summed E-state index contributed by atoms with van der Waals surface area (Å²) in [6.45, 7) is 0. The summed E-state index contributed by atoms with van der Waals surface area (Å²) in [5, 5.41) is 2.60. The van der Waals surface area contributed by atoms with Gasteiger partial charge in [-0.25, -0.2) is 9.37 Å². The molecule has 1 heterocycles. The molecule has 0 spiro atoms. The molecule has 86 valence electrons. The second-order valence-electron chi connectivity index (χ2n) is 3.33. The lowest BCUT2D eigenvalue weighted by molar-refractivity contribution is 0.102. The molecule has 0 aliphatic heterocycles. The SMILES string of the molecule is O=C(Nc1cccc(F)c1)c1ccnc(Br)c1. The van der Waals surface area contributed by atoms with Gasteiger partial charge in [-0.1, -0.05) is 6.07 Å². The summed E-state index contributed by atoms with van der Waals surface area (Å²) in [6, 6.07) is 8.91. The first-order valence-electron chi connectivity index (χ1n) is 4.83. The minimum Gasteiger partial charge on any atom is -0.322 e. The van der Waals surface area contributed by atoms with Gasteiger partial charge in [-0.2, -0.15) is 0 Å². The van der Waals surface area contributed by atoms with Crippen molar-refractivity contribution in [1.29, 1.82) is 0 Å². The standard InChI is InChI=1S/C12H8BrFN2O/c13-11-6-8(4-5-15-11)12(17)16-10-3-1-2-9(14)7-10/h1-7H,(H,16,17). The van der Waals surface area contributed by atoms with Crippen LogP contribution >= 0.6 is 15.9 Å². The van der Waals surface area contributed by atoms with Gasteiger partial charge in [0.25, 0.3) is 5.91 Å². The molecule has 1 aromatic carbocycles. The summed E-state index contributed by atoms with van der Waals surface area (Å²) in [7, 11) is 0. The number of nitrogens with one attached hydrogen (secondary N) is 1. The average Bonchev–Trinajstić information content (AvgIpc) is 2.29. The van der Waals surface area contributed by atoms with Gasteiger partial charge in [-0.05, 0) is 46.3 Å². The van der Waals surface area contributed by atoms with Gasteiger partial charge in [-0.3, -0.25) is 4.79 Å². The zero-order valence-corrected chi connectivity index (χ0v) is 10.2. The molecular formula is C12H8BrFN2O. The van der Waals surface area contributed by atoms with Crippen LogP contribution in [0.3, 0.4) is 0 Å². The highest BCUT2D eigenvalue weighted by Crippen LogP contribution is 2.13. The number of aromatic nitrogens is 1. The predicted molar refractivity (Wildman–Crippen MR) is 66.3 cm³/mol. The monoisotopic (exact) mass is 294 g/mol. The Hall–Kier alpha value is -1.75. The fraction of sp³-hybridized carbons (Fsp3) is 0. The first-order chi connectivity index (χ1) is 8.15. The van der Waals surface area contributed by atoms with Gasteiger partial charge in [0.1, 0.15) is 10.4 Å². The number of hydrogen-bond acceptors (Lipinski definition) is 2. The lowest BCUT2D eigenvalue weighted by atomic mass is 10.2. The summed E-state index contributed by atoms with van der Waals surface area (Å²) in [4.78, 5) is 15.7. The highest BCUT2D eigenvalue weighted by atomic mass is 79.9. The molecule has 5 heteroatoms. The van der Waals surface area contributed by atoms with E-state index in [0.717, 1.165) is 0 Å². The van der Waals surface area contributed by atoms with Crippen molar-refractivity contribution in [3.8, 4) is 0 Å². The smallest absolute Gasteiger partial charge is 0.255 e. The van der Waals surface area contributed by atoms with Crippen LogP contribution in [0.25, 0.3) is 0 Å². The minimum absolute atomic E-state index is 0.307. The van der Waals surface area contributed by atoms with Crippen molar-refractivity contribution < 1.29 is 9.18 Å². The zero-order chi connectivity index (χ0) is 12.3. The highest BCUT2D eigenvalue weighted by molar-refractivity contribution is 9.10. The molecule has 2 aromatic rings. The Morgan fingerprint density at radius 3 is 2.82 bits per heavy atom. The van der Waals surface area contributed by atoms with E-state index in [1.54, 1.807) is 18.2 Å². The minimum atomic E-state index is -0.390. The second-order valence-corrected chi connectivity index (χ2v) is 4.14. The molecule has 3 nitrogen and oxygen atoms in total. The quantitative estimate of drug-likeness (QED) is 0.864. The van der Waals surface area contributed by atoms with Gasteiger partial charge in [0.15, 0.2) is 0 Å². The molecular weight excluding hydrogens is 287 g/mol. The molecule has 2 rings (SSSR count). The third-order valence-corrected chi connectivity index (χ3v) is 2.50. The van der Waals surface area contributed by atoms with Crippen LogP contribution in [-0.2, 0) is 0 Å². The average molecular weight is 295 g/mol. The van der Waals surface area contributed by atoms with Gasteiger partial charge in [-0.15, -0.1) is 0 Å². The number of carbonyl (C=O) groups is 1. The summed E-state index contributed by atoms with van der Waals surface area (Å²) in [6.07, 6.45) is 1.52. The number of pyridine rings is 1. The second kappa shape index (κ2) is 5.05. The maximum Gasteiger partial charge on any atom is 0.255 e.